The fraction of sp³-hybridized carbons (Fsp3) is 0.371. The van der Waals surface area contributed by atoms with E-state index >= 15 is 0 Å². The second-order valence-corrected chi connectivity index (χ2v) is 12.5. The Hall–Kier alpha value is -4.66. The van der Waals surface area contributed by atoms with Gasteiger partial charge in [0.25, 0.3) is 0 Å². The van der Waals surface area contributed by atoms with Crippen molar-refractivity contribution in [2.24, 2.45) is 0 Å². The fourth-order valence-corrected chi connectivity index (χ4v) is 6.66. The van der Waals surface area contributed by atoms with Crippen LogP contribution in [0.5, 0.6) is 23.0 Å². The summed E-state index contributed by atoms with van der Waals surface area (Å²) >= 11 is 0. The van der Waals surface area contributed by atoms with Gasteiger partial charge in [0.1, 0.15) is 29.1 Å². The number of ether oxygens (including phenoxy) is 5. The molecule has 0 saturated carbocycles. The molecule has 0 fully saturated rings. The van der Waals surface area contributed by atoms with Gasteiger partial charge in [-0.3, -0.25) is 9.36 Å². The van der Waals surface area contributed by atoms with Crippen molar-refractivity contribution in [1.29, 1.82) is 0 Å². The molecule has 0 radical (unpaired) electrons. The van der Waals surface area contributed by atoms with Crippen molar-refractivity contribution in [3.05, 3.63) is 65.9 Å². The molecule has 3 aliphatic heterocycles. The van der Waals surface area contributed by atoms with Crippen LogP contribution in [0.15, 0.2) is 54.7 Å². The number of rotatable bonds is 6. The van der Waals surface area contributed by atoms with Gasteiger partial charge in [-0.1, -0.05) is 31.9 Å². The van der Waals surface area contributed by atoms with E-state index in [1.54, 1.807) is 7.11 Å². The number of carbonyl (C=O) groups excluding carboxylic acids is 2. The van der Waals surface area contributed by atoms with Gasteiger partial charge in [0.2, 0.25) is 12.7 Å². The van der Waals surface area contributed by atoms with E-state index in [2.05, 4.69) is 6.92 Å². The fourth-order valence-electron chi connectivity index (χ4n) is 6.66. The van der Waals surface area contributed by atoms with Crippen molar-refractivity contribution in [1.82, 2.24) is 4.57 Å². The maximum absolute atomic E-state index is 14.7. The van der Waals surface area contributed by atoms with Crippen molar-refractivity contribution in [3.63, 3.8) is 0 Å². The van der Waals surface area contributed by atoms with Gasteiger partial charge in [0.05, 0.1) is 12.6 Å². The number of nitrogens with zero attached hydrogens (tertiary/aromatic N) is 2. The minimum atomic E-state index is -1.10. The Morgan fingerprint density at radius 1 is 0.977 bits per heavy atom. The van der Waals surface area contributed by atoms with Crippen LogP contribution in [0, 0.1) is 0 Å². The van der Waals surface area contributed by atoms with Gasteiger partial charge in [0.15, 0.2) is 11.5 Å². The quantitative estimate of drug-likeness (QED) is 0.221. The Morgan fingerprint density at radius 3 is 2.52 bits per heavy atom. The molecule has 228 valence electrons. The van der Waals surface area contributed by atoms with E-state index in [-0.39, 0.29) is 19.3 Å². The molecular weight excluding hydrogens is 560 g/mol. The highest BCUT2D eigenvalue weighted by Gasteiger charge is 2.58. The van der Waals surface area contributed by atoms with Crippen LogP contribution >= 0.6 is 0 Å². The van der Waals surface area contributed by atoms with Crippen LogP contribution in [-0.2, 0) is 14.9 Å². The standard InChI is InChI=1S/C35H36N2O7/c1-6-7-8-14-36-27-11-9-10-22(24-18-37(33(39)44-34(2,3)4)26-13-12-21(40-5)15-23(24)26)31(27)35(32(36)38)19-41-28-17-30-29(16-25(28)35)42-20-43-30/h9-13,15-18H,6-8,14,19-20H2,1-5H3. The molecule has 44 heavy (non-hydrogen) atoms. The minimum absolute atomic E-state index is 0.0258. The van der Waals surface area contributed by atoms with E-state index in [1.807, 2.05) is 80.4 Å². The molecule has 4 heterocycles. The highest BCUT2D eigenvalue weighted by atomic mass is 16.7. The van der Waals surface area contributed by atoms with Crippen LogP contribution in [0.25, 0.3) is 22.0 Å². The predicted octanol–water partition coefficient (Wildman–Crippen LogP) is 7.04. The zero-order valence-electron chi connectivity index (χ0n) is 25.7. The van der Waals surface area contributed by atoms with Crippen molar-refractivity contribution in [2.75, 3.05) is 32.0 Å². The molecule has 9 nitrogen and oxygen atoms in total. The molecule has 0 saturated heterocycles. The monoisotopic (exact) mass is 596 g/mol. The Balaban J connectivity index is 1.48. The topological polar surface area (TPSA) is 88.5 Å². The number of benzene rings is 3. The molecular formula is C35H36N2O7. The summed E-state index contributed by atoms with van der Waals surface area (Å²) in [5.41, 5.74) is 2.98. The van der Waals surface area contributed by atoms with Gasteiger partial charge in [-0.05, 0) is 63.1 Å². The first-order valence-electron chi connectivity index (χ1n) is 15.1. The number of aromatic nitrogens is 1. The first kappa shape index (κ1) is 28.1. The number of hydrogen-bond donors (Lipinski definition) is 0. The van der Waals surface area contributed by atoms with E-state index in [9.17, 15) is 9.59 Å². The molecule has 0 N–H and O–H groups in total. The lowest BCUT2D eigenvalue weighted by atomic mass is 9.74. The minimum Gasteiger partial charge on any atom is -0.497 e. The Labute approximate surface area is 256 Å². The maximum atomic E-state index is 14.7. The highest BCUT2D eigenvalue weighted by Crippen LogP contribution is 2.58. The molecule has 9 heteroatoms. The molecule has 4 aromatic rings. The Bertz CT molecular complexity index is 1820. The number of hydrogen-bond acceptors (Lipinski definition) is 7. The van der Waals surface area contributed by atoms with Crippen molar-refractivity contribution in [3.8, 4) is 34.1 Å². The molecule has 3 aliphatic rings. The van der Waals surface area contributed by atoms with Gasteiger partial charge in [0, 0.05) is 46.6 Å². The van der Waals surface area contributed by atoms with E-state index in [0.717, 1.165) is 52.6 Å². The van der Waals surface area contributed by atoms with Gasteiger partial charge >= 0.3 is 6.09 Å². The summed E-state index contributed by atoms with van der Waals surface area (Å²) in [6, 6.07) is 15.3. The zero-order valence-corrected chi connectivity index (χ0v) is 25.7. The number of methoxy groups -OCH3 is 1. The summed E-state index contributed by atoms with van der Waals surface area (Å²) in [5, 5.41) is 0.806. The molecule has 0 bridgehead atoms. The summed E-state index contributed by atoms with van der Waals surface area (Å²) in [4.78, 5) is 30.1. The van der Waals surface area contributed by atoms with E-state index in [4.69, 9.17) is 23.7 Å². The van der Waals surface area contributed by atoms with Crippen LogP contribution in [0.1, 0.15) is 58.1 Å². The third-order valence-corrected chi connectivity index (χ3v) is 8.63. The predicted molar refractivity (Wildman–Crippen MR) is 166 cm³/mol. The lowest BCUT2D eigenvalue weighted by molar-refractivity contribution is -0.122. The Morgan fingerprint density at radius 2 is 1.77 bits per heavy atom. The number of carbonyl (C=O) groups is 2. The van der Waals surface area contributed by atoms with Gasteiger partial charge in [-0.15, -0.1) is 0 Å². The number of anilines is 1. The van der Waals surface area contributed by atoms with Crippen molar-refractivity contribution < 1.29 is 33.3 Å². The third kappa shape index (κ3) is 4.20. The summed E-state index contributed by atoms with van der Waals surface area (Å²) in [7, 11) is 1.62. The second-order valence-electron chi connectivity index (χ2n) is 12.5. The van der Waals surface area contributed by atoms with Crippen LogP contribution in [0.3, 0.4) is 0 Å². The van der Waals surface area contributed by atoms with Crippen molar-refractivity contribution >= 4 is 28.6 Å². The van der Waals surface area contributed by atoms with E-state index in [1.165, 1.54) is 4.57 Å². The number of fused-ring (bicyclic) bond motifs is 6. The van der Waals surface area contributed by atoms with Gasteiger partial charge in [-0.25, -0.2) is 4.79 Å². The molecule has 1 spiro atoms. The van der Waals surface area contributed by atoms with Crippen LogP contribution in [0.2, 0.25) is 0 Å². The van der Waals surface area contributed by atoms with Crippen LogP contribution < -0.4 is 23.8 Å². The first-order chi connectivity index (χ1) is 21.2. The third-order valence-electron chi connectivity index (χ3n) is 8.63. The smallest absolute Gasteiger partial charge is 0.419 e. The van der Waals surface area contributed by atoms with Crippen LogP contribution in [0.4, 0.5) is 10.5 Å². The van der Waals surface area contributed by atoms with Crippen molar-refractivity contribution in [2.45, 2.75) is 58.0 Å². The van der Waals surface area contributed by atoms with Crippen LogP contribution in [-0.4, -0.2) is 49.2 Å². The normalized spacial score (nSPS) is 18.1. The largest absolute Gasteiger partial charge is 0.497 e. The number of amides is 1. The van der Waals surface area contributed by atoms with E-state index in [0.29, 0.717) is 35.1 Å². The summed E-state index contributed by atoms with van der Waals surface area (Å²) in [6.45, 7) is 8.54. The average Bonchev–Trinajstić information content (AvgIpc) is 3.75. The average molecular weight is 597 g/mol. The van der Waals surface area contributed by atoms with Gasteiger partial charge in [-0.2, -0.15) is 0 Å². The highest BCUT2D eigenvalue weighted by molar-refractivity contribution is 6.15. The molecule has 7 rings (SSSR count). The van der Waals surface area contributed by atoms with E-state index < -0.39 is 17.1 Å². The zero-order chi connectivity index (χ0) is 30.8. The molecule has 1 unspecified atom stereocenters. The maximum Gasteiger partial charge on any atom is 0.419 e. The molecule has 1 aromatic heterocycles. The summed E-state index contributed by atoms with van der Waals surface area (Å²) < 4.78 is 30.6. The van der Waals surface area contributed by atoms with Gasteiger partial charge < -0.3 is 28.6 Å². The molecule has 0 aliphatic carbocycles. The lowest BCUT2D eigenvalue weighted by Crippen LogP contribution is -2.43. The number of unbranched alkanes of at least 4 members (excludes halogenated alkanes) is 2. The molecule has 3 aromatic carbocycles. The Kier molecular flexibility index (Phi) is 6.53. The second kappa shape index (κ2) is 10.2. The summed E-state index contributed by atoms with van der Waals surface area (Å²) in [6.07, 6.45) is 4.26. The first-order valence-corrected chi connectivity index (χ1v) is 15.1. The lowest BCUT2D eigenvalue weighted by Gasteiger charge is -2.24. The summed E-state index contributed by atoms with van der Waals surface area (Å²) in [5.74, 6) is 2.43. The molecule has 1 amide bonds. The molecule has 1 atom stereocenters. The SMILES string of the molecule is CCCCCN1C(=O)C2(COc3cc4c(cc32)OCO4)c2c(-c3cn(C(=O)OC(C)(C)C)c4ccc(OC)cc34)cccc21.